The van der Waals surface area contributed by atoms with E-state index in [1.54, 1.807) is 11.6 Å². The molecule has 1 heterocycles. The molecule has 5 nitrogen and oxygen atoms in total. The fourth-order valence-electron chi connectivity index (χ4n) is 1.78. The van der Waals surface area contributed by atoms with Gasteiger partial charge in [-0.1, -0.05) is 11.8 Å². The highest BCUT2D eigenvalue weighted by Crippen LogP contribution is 2.29. The summed E-state index contributed by atoms with van der Waals surface area (Å²) in [5.41, 5.74) is 0.143. The highest BCUT2D eigenvalue weighted by molar-refractivity contribution is 7.99. The molecule has 0 aliphatic heterocycles. The Hall–Kier alpha value is -2.00. The van der Waals surface area contributed by atoms with Gasteiger partial charge in [0.1, 0.15) is 0 Å². The molecule has 0 aliphatic rings. The first-order valence-corrected chi connectivity index (χ1v) is 7.51. The highest BCUT2D eigenvalue weighted by atomic mass is 32.2. The Morgan fingerprint density at radius 1 is 1.35 bits per heavy atom. The Kier molecular flexibility index (Phi) is 5.32. The lowest BCUT2D eigenvalue weighted by atomic mass is 10.2. The second kappa shape index (κ2) is 7.05. The lowest BCUT2D eigenvalue weighted by Gasteiger charge is -2.09. The number of imidazole rings is 1. The van der Waals surface area contributed by atoms with Gasteiger partial charge in [-0.3, -0.25) is 4.79 Å². The number of amides is 1. The van der Waals surface area contributed by atoms with Crippen molar-refractivity contribution in [3.8, 4) is 0 Å². The smallest absolute Gasteiger partial charge is 0.390 e. The van der Waals surface area contributed by atoms with Crippen LogP contribution in [0, 0.1) is 0 Å². The topological polar surface area (TPSA) is 67.1 Å². The Balaban J connectivity index is 1.91. The van der Waals surface area contributed by atoms with E-state index >= 15 is 0 Å². The van der Waals surface area contributed by atoms with Crippen LogP contribution in [-0.2, 0) is 24.6 Å². The molecule has 1 aromatic carbocycles. The minimum absolute atomic E-state index is 0.0523. The molecule has 0 unspecified atom stereocenters. The van der Waals surface area contributed by atoms with E-state index in [0.717, 1.165) is 12.1 Å². The summed E-state index contributed by atoms with van der Waals surface area (Å²) in [7, 11) is 1.72. The van der Waals surface area contributed by atoms with Crippen LogP contribution in [0.3, 0.4) is 0 Å². The summed E-state index contributed by atoms with van der Waals surface area (Å²) < 4.78 is 39.0. The van der Waals surface area contributed by atoms with Crippen LogP contribution in [0.15, 0.2) is 35.6 Å². The third kappa shape index (κ3) is 4.49. The maximum atomic E-state index is 12.4. The van der Waals surface area contributed by atoms with Crippen molar-refractivity contribution in [1.82, 2.24) is 9.55 Å². The van der Waals surface area contributed by atoms with Crippen molar-refractivity contribution in [1.29, 1.82) is 0 Å². The van der Waals surface area contributed by atoms with Gasteiger partial charge in [-0.25, -0.2) is 4.98 Å². The summed E-state index contributed by atoms with van der Waals surface area (Å²) in [4.78, 5) is 15.9. The zero-order valence-corrected chi connectivity index (χ0v) is 12.9. The van der Waals surface area contributed by atoms with Crippen LogP contribution in [0.25, 0.3) is 0 Å². The monoisotopic (exact) mass is 345 g/mol. The van der Waals surface area contributed by atoms with Crippen molar-refractivity contribution < 1.29 is 23.1 Å². The first kappa shape index (κ1) is 17.4. The average Bonchev–Trinajstić information content (AvgIpc) is 2.85. The second-order valence-corrected chi connectivity index (χ2v) is 5.60. The number of hydrogen-bond donors (Lipinski definition) is 2. The Labute approximate surface area is 134 Å². The zero-order valence-electron chi connectivity index (χ0n) is 12.1. The number of hydrogen-bond acceptors (Lipinski definition) is 4. The largest absolute Gasteiger partial charge is 0.416 e. The van der Waals surface area contributed by atoms with Gasteiger partial charge in [0.25, 0.3) is 0 Å². The molecule has 0 spiro atoms. The molecular formula is C14H14F3N3O2S. The van der Waals surface area contributed by atoms with E-state index in [2.05, 4.69) is 10.3 Å². The summed E-state index contributed by atoms with van der Waals surface area (Å²) in [6.45, 7) is -0.151. The number of benzene rings is 1. The molecule has 0 saturated heterocycles. The predicted octanol–water partition coefficient (Wildman–Crippen LogP) is 2.66. The van der Waals surface area contributed by atoms with E-state index in [4.69, 9.17) is 5.11 Å². The van der Waals surface area contributed by atoms with Gasteiger partial charge < -0.3 is 15.0 Å². The number of aliphatic hydroxyl groups is 1. The summed E-state index contributed by atoms with van der Waals surface area (Å²) in [6.07, 6.45) is -2.89. The minimum Gasteiger partial charge on any atom is -0.390 e. The molecule has 2 rings (SSSR count). The van der Waals surface area contributed by atoms with Gasteiger partial charge in [0, 0.05) is 12.7 Å². The Morgan fingerprint density at radius 2 is 2.00 bits per heavy atom. The van der Waals surface area contributed by atoms with Crippen molar-refractivity contribution in [3.63, 3.8) is 0 Å². The normalized spacial score (nSPS) is 11.5. The van der Waals surface area contributed by atoms with Gasteiger partial charge in [-0.05, 0) is 24.3 Å². The van der Waals surface area contributed by atoms with E-state index in [1.165, 1.54) is 30.1 Å². The quantitative estimate of drug-likeness (QED) is 0.818. The Bertz CT molecular complexity index is 684. The van der Waals surface area contributed by atoms with Crippen LogP contribution < -0.4 is 5.32 Å². The fraction of sp³-hybridized carbons (Fsp3) is 0.286. The molecule has 0 radical (unpaired) electrons. The van der Waals surface area contributed by atoms with E-state index in [0.29, 0.717) is 16.5 Å². The number of aliphatic hydroxyl groups excluding tert-OH is 1. The van der Waals surface area contributed by atoms with Crippen LogP contribution in [0.2, 0.25) is 0 Å². The molecule has 1 amide bonds. The average molecular weight is 345 g/mol. The number of alkyl halides is 3. The van der Waals surface area contributed by atoms with E-state index in [-0.39, 0.29) is 18.3 Å². The molecule has 9 heteroatoms. The van der Waals surface area contributed by atoms with E-state index < -0.39 is 11.7 Å². The molecule has 0 aliphatic carbocycles. The second-order valence-electron chi connectivity index (χ2n) is 4.66. The van der Waals surface area contributed by atoms with Crippen LogP contribution in [-0.4, -0.2) is 26.3 Å². The number of anilines is 1. The Morgan fingerprint density at radius 3 is 2.52 bits per heavy atom. The third-order valence-corrected chi connectivity index (χ3v) is 4.08. The third-order valence-electron chi connectivity index (χ3n) is 3.03. The van der Waals surface area contributed by atoms with Gasteiger partial charge in [-0.2, -0.15) is 13.2 Å². The van der Waals surface area contributed by atoms with Gasteiger partial charge in [0.05, 0.1) is 29.8 Å². The molecule has 124 valence electrons. The molecule has 0 fully saturated rings. The van der Waals surface area contributed by atoms with Gasteiger partial charge >= 0.3 is 6.18 Å². The highest BCUT2D eigenvalue weighted by Gasteiger charge is 2.29. The number of aromatic nitrogens is 2. The van der Waals surface area contributed by atoms with Crippen LogP contribution in [0.4, 0.5) is 18.9 Å². The molecule has 0 atom stereocenters. The number of nitrogens with one attached hydrogen (secondary N) is 1. The summed E-state index contributed by atoms with van der Waals surface area (Å²) >= 11 is 1.17. The number of carbonyl (C=O) groups is 1. The fourth-order valence-corrected chi connectivity index (χ4v) is 2.55. The van der Waals surface area contributed by atoms with Gasteiger partial charge in [0.2, 0.25) is 5.91 Å². The molecule has 2 aromatic rings. The number of nitrogens with zero attached hydrogens (tertiary/aromatic N) is 2. The van der Waals surface area contributed by atoms with Crippen LogP contribution in [0.5, 0.6) is 0 Å². The molecule has 1 aromatic heterocycles. The summed E-state index contributed by atoms with van der Waals surface area (Å²) in [6, 6.07) is 4.23. The van der Waals surface area contributed by atoms with Crippen molar-refractivity contribution in [2.75, 3.05) is 11.1 Å². The molecule has 23 heavy (non-hydrogen) atoms. The predicted molar refractivity (Wildman–Crippen MR) is 79.9 cm³/mol. The van der Waals surface area contributed by atoms with Crippen molar-refractivity contribution >= 4 is 23.4 Å². The van der Waals surface area contributed by atoms with Crippen LogP contribution in [0.1, 0.15) is 11.3 Å². The van der Waals surface area contributed by atoms with Crippen LogP contribution >= 0.6 is 11.8 Å². The van der Waals surface area contributed by atoms with Crippen molar-refractivity contribution in [3.05, 3.63) is 41.7 Å². The number of halogens is 3. The summed E-state index contributed by atoms with van der Waals surface area (Å²) in [5.74, 6) is -0.306. The number of carbonyl (C=O) groups excluding carboxylic acids is 1. The maximum absolute atomic E-state index is 12.4. The standard InChI is InChI=1S/C14H14F3N3O2S/c1-20-11(7-21)6-18-13(20)23-8-12(22)19-10-4-2-9(3-5-10)14(15,16)17/h2-6,21H,7-8H2,1H3,(H,19,22). The molecule has 2 N–H and O–H groups in total. The van der Waals surface area contributed by atoms with Gasteiger partial charge in [-0.15, -0.1) is 0 Å². The lowest BCUT2D eigenvalue weighted by molar-refractivity contribution is -0.137. The lowest BCUT2D eigenvalue weighted by Crippen LogP contribution is -2.15. The van der Waals surface area contributed by atoms with Gasteiger partial charge in [0.15, 0.2) is 5.16 Å². The SMILES string of the molecule is Cn1c(CO)cnc1SCC(=O)Nc1ccc(C(F)(F)F)cc1. The first-order chi connectivity index (χ1) is 10.8. The molecular weight excluding hydrogens is 331 g/mol. The van der Waals surface area contributed by atoms with Crippen molar-refractivity contribution in [2.45, 2.75) is 17.9 Å². The molecule has 0 saturated carbocycles. The molecule has 0 bridgehead atoms. The summed E-state index contributed by atoms with van der Waals surface area (Å²) in [5, 5.41) is 12.1. The first-order valence-electron chi connectivity index (χ1n) is 6.52. The van der Waals surface area contributed by atoms with E-state index in [9.17, 15) is 18.0 Å². The number of thioether (sulfide) groups is 1. The maximum Gasteiger partial charge on any atom is 0.416 e. The zero-order chi connectivity index (χ0) is 17.0. The number of rotatable bonds is 5. The minimum atomic E-state index is -4.40. The van der Waals surface area contributed by atoms with Crippen molar-refractivity contribution in [2.24, 2.45) is 7.05 Å². The van der Waals surface area contributed by atoms with E-state index in [1.807, 2.05) is 0 Å².